The molecule has 2 N–H and O–H groups in total. The Kier molecular flexibility index (Phi) is 4.69. The Balaban J connectivity index is 2.10. The van der Waals surface area contributed by atoms with E-state index >= 15 is 0 Å². The Morgan fingerprint density at radius 3 is 2.88 bits per heavy atom. The van der Waals surface area contributed by atoms with E-state index in [1.54, 1.807) is 6.20 Å². The van der Waals surface area contributed by atoms with Gasteiger partial charge in [-0.2, -0.15) is 5.10 Å². The van der Waals surface area contributed by atoms with Crippen LogP contribution in [0.3, 0.4) is 0 Å². The summed E-state index contributed by atoms with van der Waals surface area (Å²) >= 11 is 0. The van der Waals surface area contributed by atoms with Gasteiger partial charge in [0.2, 0.25) is 0 Å². The summed E-state index contributed by atoms with van der Waals surface area (Å²) in [6.45, 7) is 7.84. The van der Waals surface area contributed by atoms with Gasteiger partial charge in [0.15, 0.2) is 0 Å². The van der Waals surface area contributed by atoms with Crippen LogP contribution in [-0.4, -0.2) is 37.5 Å². The Hall–Kier alpha value is -1.14. The van der Waals surface area contributed by atoms with Crippen molar-refractivity contribution in [2.24, 2.45) is 0 Å². The minimum absolute atomic E-state index is 0.165. The summed E-state index contributed by atoms with van der Waals surface area (Å²) < 4.78 is 5.35. The lowest BCUT2D eigenvalue weighted by molar-refractivity contribution is 0.0816. The van der Waals surface area contributed by atoms with Gasteiger partial charge in [-0.25, -0.2) is 0 Å². The molecule has 1 rings (SSSR count). The highest BCUT2D eigenvalue weighted by Crippen LogP contribution is 2.07. The number of nitrogens with zero attached hydrogens (tertiary/aromatic N) is 1. The van der Waals surface area contributed by atoms with Crippen molar-refractivity contribution in [3.8, 4) is 0 Å². The van der Waals surface area contributed by atoms with E-state index < -0.39 is 8.07 Å². The fourth-order valence-corrected chi connectivity index (χ4v) is 1.80. The van der Waals surface area contributed by atoms with Gasteiger partial charge in [-0.05, 0) is 6.04 Å². The molecule has 0 aliphatic rings. The predicted octanol–water partition coefficient (Wildman–Crippen LogP) is 1.45. The number of hydrogen-bond acceptors (Lipinski definition) is 3. The van der Waals surface area contributed by atoms with Crippen LogP contribution in [0, 0.1) is 0 Å². The Morgan fingerprint density at radius 2 is 2.31 bits per heavy atom. The largest absolute Gasteiger partial charge is 0.362 e. The fourth-order valence-electron chi connectivity index (χ4n) is 1.04. The SMILES string of the molecule is C[Si](C)(C)CCOCNC(=O)c1cn[nH]c1. The van der Waals surface area contributed by atoms with Crippen molar-refractivity contribution in [2.75, 3.05) is 13.3 Å². The van der Waals surface area contributed by atoms with Gasteiger partial charge in [0.25, 0.3) is 5.91 Å². The van der Waals surface area contributed by atoms with Crippen molar-refractivity contribution in [3.63, 3.8) is 0 Å². The molecule has 1 heterocycles. The molecule has 90 valence electrons. The third-order valence-electron chi connectivity index (χ3n) is 2.09. The standard InChI is InChI=1S/C10H19N3O2Si/c1-16(2,3)5-4-15-8-11-10(14)9-6-12-13-7-9/h6-7H,4-5,8H2,1-3H3,(H,11,14)(H,12,13). The van der Waals surface area contributed by atoms with Crippen LogP contribution in [0.2, 0.25) is 25.7 Å². The van der Waals surface area contributed by atoms with Gasteiger partial charge in [-0.15, -0.1) is 0 Å². The first-order chi connectivity index (χ1) is 7.49. The molecule has 16 heavy (non-hydrogen) atoms. The first-order valence-corrected chi connectivity index (χ1v) is 9.04. The van der Waals surface area contributed by atoms with Gasteiger partial charge in [0, 0.05) is 20.9 Å². The lowest BCUT2D eigenvalue weighted by Gasteiger charge is -2.15. The fraction of sp³-hybridized carbons (Fsp3) is 0.600. The number of nitrogens with one attached hydrogen (secondary N) is 2. The van der Waals surface area contributed by atoms with Crippen molar-refractivity contribution in [3.05, 3.63) is 18.0 Å². The monoisotopic (exact) mass is 241 g/mol. The molecule has 0 atom stereocenters. The molecule has 1 aromatic rings. The minimum Gasteiger partial charge on any atom is -0.362 e. The van der Waals surface area contributed by atoms with E-state index in [9.17, 15) is 4.79 Å². The molecule has 0 unspecified atom stereocenters. The van der Waals surface area contributed by atoms with E-state index in [1.165, 1.54) is 6.20 Å². The molecular formula is C10H19N3O2Si. The predicted molar refractivity (Wildman–Crippen MR) is 65.0 cm³/mol. The normalized spacial score (nSPS) is 11.4. The van der Waals surface area contributed by atoms with Crippen LogP contribution in [0.5, 0.6) is 0 Å². The second kappa shape index (κ2) is 5.81. The van der Waals surface area contributed by atoms with Crippen molar-refractivity contribution in [1.82, 2.24) is 15.5 Å². The summed E-state index contributed by atoms with van der Waals surface area (Å²) in [4.78, 5) is 11.4. The number of ether oxygens (including phenoxy) is 1. The molecule has 1 aromatic heterocycles. The summed E-state index contributed by atoms with van der Waals surface area (Å²) in [5.74, 6) is -0.165. The van der Waals surface area contributed by atoms with Gasteiger partial charge in [-0.1, -0.05) is 19.6 Å². The van der Waals surface area contributed by atoms with Gasteiger partial charge in [0.1, 0.15) is 6.73 Å². The average Bonchev–Trinajstić information content (AvgIpc) is 2.67. The minimum atomic E-state index is -1.04. The molecule has 0 radical (unpaired) electrons. The summed E-state index contributed by atoms with van der Waals surface area (Å²) in [6.07, 6.45) is 3.04. The topological polar surface area (TPSA) is 67.0 Å². The highest BCUT2D eigenvalue weighted by Gasteiger charge is 2.12. The van der Waals surface area contributed by atoms with Crippen LogP contribution < -0.4 is 5.32 Å². The van der Waals surface area contributed by atoms with Crippen molar-refractivity contribution in [1.29, 1.82) is 0 Å². The van der Waals surface area contributed by atoms with Crippen molar-refractivity contribution in [2.45, 2.75) is 25.7 Å². The summed E-state index contributed by atoms with van der Waals surface area (Å²) in [5.41, 5.74) is 0.522. The highest BCUT2D eigenvalue weighted by molar-refractivity contribution is 6.76. The maximum absolute atomic E-state index is 11.4. The van der Waals surface area contributed by atoms with E-state index in [2.05, 4.69) is 35.2 Å². The molecule has 0 aliphatic carbocycles. The first-order valence-electron chi connectivity index (χ1n) is 5.34. The number of aromatic amines is 1. The van der Waals surface area contributed by atoms with Gasteiger partial charge >= 0.3 is 0 Å². The molecule has 0 spiro atoms. The molecule has 0 saturated heterocycles. The highest BCUT2D eigenvalue weighted by atomic mass is 28.3. The molecule has 5 nitrogen and oxygen atoms in total. The zero-order valence-electron chi connectivity index (χ0n) is 10.0. The number of aromatic nitrogens is 2. The van der Waals surface area contributed by atoms with E-state index in [4.69, 9.17) is 4.74 Å². The molecular weight excluding hydrogens is 222 g/mol. The molecule has 0 aliphatic heterocycles. The number of amides is 1. The quantitative estimate of drug-likeness (QED) is 0.450. The van der Waals surface area contributed by atoms with Crippen LogP contribution >= 0.6 is 0 Å². The number of rotatable bonds is 6. The lowest BCUT2D eigenvalue weighted by Crippen LogP contribution is -2.28. The van der Waals surface area contributed by atoms with Crippen molar-refractivity contribution < 1.29 is 9.53 Å². The third kappa shape index (κ3) is 5.08. The second-order valence-corrected chi connectivity index (χ2v) is 10.5. The number of H-pyrrole nitrogens is 1. The zero-order valence-corrected chi connectivity index (χ0v) is 11.0. The number of carbonyl (C=O) groups excluding carboxylic acids is 1. The van der Waals surface area contributed by atoms with Crippen LogP contribution in [0.25, 0.3) is 0 Å². The molecule has 0 aromatic carbocycles. The zero-order chi connectivity index (χ0) is 12.0. The summed E-state index contributed by atoms with van der Waals surface area (Å²) in [6, 6.07) is 1.11. The first kappa shape index (κ1) is 12.9. The Labute approximate surface area is 96.6 Å². The van der Waals surface area contributed by atoms with Crippen molar-refractivity contribution >= 4 is 14.0 Å². The van der Waals surface area contributed by atoms with Gasteiger partial charge in [-0.3, -0.25) is 9.89 Å². The maximum atomic E-state index is 11.4. The Bertz CT molecular complexity index is 319. The summed E-state index contributed by atoms with van der Waals surface area (Å²) in [7, 11) is -1.04. The molecule has 1 amide bonds. The second-order valence-electron chi connectivity index (χ2n) is 4.86. The molecule has 0 fully saturated rings. The van der Waals surface area contributed by atoms with Crippen LogP contribution in [0.1, 0.15) is 10.4 Å². The van der Waals surface area contributed by atoms with Gasteiger partial charge < -0.3 is 10.1 Å². The van der Waals surface area contributed by atoms with E-state index in [0.29, 0.717) is 12.2 Å². The van der Waals surface area contributed by atoms with E-state index in [-0.39, 0.29) is 12.6 Å². The number of carbonyl (C=O) groups is 1. The van der Waals surface area contributed by atoms with Gasteiger partial charge in [0.05, 0.1) is 11.8 Å². The smallest absolute Gasteiger partial charge is 0.256 e. The Morgan fingerprint density at radius 1 is 1.56 bits per heavy atom. The molecule has 0 bridgehead atoms. The maximum Gasteiger partial charge on any atom is 0.256 e. The van der Waals surface area contributed by atoms with E-state index in [0.717, 1.165) is 6.04 Å². The van der Waals surface area contributed by atoms with E-state index in [1.807, 2.05) is 0 Å². The van der Waals surface area contributed by atoms with Crippen LogP contribution in [0.15, 0.2) is 12.4 Å². The third-order valence-corrected chi connectivity index (χ3v) is 3.80. The lowest BCUT2D eigenvalue weighted by atomic mass is 10.3. The van der Waals surface area contributed by atoms with Crippen LogP contribution in [-0.2, 0) is 4.74 Å². The molecule has 6 heteroatoms. The summed E-state index contributed by atoms with van der Waals surface area (Å²) in [5, 5.41) is 8.95. The van der Waals surface area contributed by atoms with Crippen LogP contribution in [0.4, 0.5) is 0 Å². The molecule has 0 saturated carbocycles. The average molecular weight is 241 g/mol. The number of hydrogen-bond donors (Lipinski definition) is 2.